The molecule has 10 heteroatoms. The van der Waals surface area contributed by atoms with Gasteiger partial charge in [0, 0.05) is 61.7 Å². The number of nitriles is 1. The highest BCUT2D eigenvalue weighted by Crippen LogP contribution is 2.44. The summed E-state index contributed by atoms with van der Waals surface area (Å²) in [6.45, 7) is 7.76. The largest absolute Gasteiger partial charge is 0.493 e. The van der Waals surface area contributed by atoms with Crippen molar-refractivity contribution in [2.75, 3.05) is 32.8 Å². The molecule has 0 spiro atoms. The molecular formula is C43H48ClN5O4. The maximum atomic E-state index is 11.7. The molecule has 9 nitrogen and oxygen atoms in total. The van der Waals surface area contributed by atoms with E-state index in [1.165, 1.54) is 55.2 Å². The fraction of sp³-hybridized carbons (Fsp3) is 0.419. The Morgan fingerprint density at radius 2 is 1.83 bits per heavy atom. The van der Waals surface area contributed by atoms with Crippen LogP contribution in [0.25, 0.3) is 11.1 Å². The van der Waals surface area contributed by atoms with Crippen LogP contribution in [0.3, 0.4) is 0 Å². The molecule has 53 heavy (non-hydrogen) atoms. The van der Waals surface area contributed by atoms with Crippen LogP contribution in [-0.2, 0) is 24.4 Å². The number of hydrogen-bond donors (Lipinski definition) is 2. The fourth-order valence-electron chi connectivity index (χ4n) is 7.80. The van der Waals surface area contributed by atoms with Gasteiger partial charge in [0.2, 0.25) is 5.91 Å². The maximum Gasteiger partial charge on any atom is 0.220 e. The number of benzene rings is 3. The van der Waals surface area contributed by atoms with E-state index >= 15 is 0 Å². The molecule has 2 saturated heterocycles. The van der Waals surface area contributed by atoms with E-state index in [0.29, 0.717) is 48.2 Å². The Bertz CT molecular complexity index is 1960. The minimum Gasteiger partial charge on any atom is -0.493 e. The summed E-state index contributed by atoms with van der Waals surface area (Å²) in [5.41, 5.74) is 8.15. The molecule has 0 saturated carbocycles. The first-order valence-corrected chi connectivity index (χ1v) is 19.4. The van der Waals surface area contributed by atoms with Gasteiger partial charge < -0.3 is 29.7 Å². The third-order valence-electron chi connectivity index (χ3n) is 10.6. The second kappa shape index (κ2) is 17.5. The van der Waals surface area contributed by atoms with Crippen molar-refractivity contribution in [1.82, 2.24) is 20.5 Å². The van der Waals surface area contributed by atoms with Gasteiger partial charge in [-0.25, -0.2) is 0 Å². The van der Waals surface area contributed by atoms with Gasteiger partial charge in [-0.2, -0.15) is 5.26 Å². The molecule has 3 heterocycles. The van der Waals surface area contributed by atoms with Crippen molar-refractivity contribution in [3.8, 4) is 34.4 Å². The van der Waals surface area contributed by atoms with Gasteiger partial charge in [0.25, 0.3) is 0 Å². The lowest BCUT2D eigenvalue weighted by molar-refractivity contribution is -0.119. The monoisotopic (exact) mass is 733 g/mol. The molecular weight excluding hydrogens is 686 g/mol. The highest BCUT2D eigenvalue weighted by molar-refractivity contribution is 6.32. The summed E-state index contributed by atoms with van der Waals surface area (Å²) >= 11 is 6.92. The van der Waals surface area contributed by atoms with Gasteiger partial charge in [0.15, 0.2) is 0 Å². The number of nitrogens with zero attached hydrogens (tertiary/aromatic N) is 3. The van der Waals surface area contributed by atoms with E-state index in [-0.39, 0.29) is 24.7 Å². The maximum absolute atomic E-state index is 11.7. The minimum atomic E-state index is -0.170. The van der Waals surface area contributed by atoms with E-state index in [1.807, 2.05) is 12.1 Å². The Hall–Kier alpha value is -4.62. The van der Waals surface area contributed by atoms with Crippen molar-refractivity contribution >= 4 is 17.5 Å². The molecule has 0 unspecified atom stereocenters. The van der Waals surface area contributed by atoms with Crippen molar-refractivity contribution in [3.05, 3.63) is 105 Å². The normalized spacial score (nSPS) is 18.3. The molecule has 0 radical (unpaired) electrons. The lowest BCUT2D eigenvalue weighted by Gasteiger charge is -2.26. The summed E-state index contributed by atoms with van der Waals surface area (Å²) in [4.78, 5) is 18.4. The summed E-state index contributed by atoms with van der Waals surface area (Å²) in [6, 6.07) is 20.6. The van der Waals surface area contributed by atoms with Gasteiger partial charge in [-0.05, 0) is 105 Å². The SMILES string of the molecule is Cc1c(OCCCN2CCCCC2)cccc1-c1cccc2c1CC[C@@H]2Oc1cc(OCc2cncc(C#N)c2)c(CNC[C@H]2CCC(=O)N2)cc1Cl. The molecule has 2 aliphatic heterocycles. The van der Waals surface area contributed by atoms with E-state index in [9.17, 15) is 10.1 Å². The zero-order valence-corrected chi connectivity index (χ0v) is 31.2. The molecule has 4 aromatic rings. The van der Waals surface area contributed by atoms with Crippen molar-refractivity contribution in [2.45, 2.75) is 83.6 Å². The molecule has 1 aliphatic carbocycles. The van der Waals surface area contributed by atoms with Crippen LogP contribution in [0.4, 0.5) is 0 Å². The van der Waals surface area contributed by atoms with E-state index in [2.05, 4.69) is 69.9 Å². The van der Waals surface area contributed by atoms with Gasteiger partial charge >= 0.3 is 0 Å². The Morgan fingerprint density at radius 1 is 0.981 bits per heavy atom. The zero-order valence-electron chi connectivity index (χ0n) is 30.5. The molecule has 7 rings (SSSR count). The van der Waals surface area contributed by atoms with Crippen LogP contribution in [0.1, 0.15) is 84.4 Å². The molecule has 3 aliphatic rings. The number of amides is 1. The van der Waals surface area contributed by atoms with Crippen molar-refractivity contribution in [1.29, 1.82) is 5.26 Å². The zero-order chi connectivity index (χ0) is 36.6. The van der Waals surface area contributed by atoms with E-state index in [1.54, 1.807) is 12.3 Å². The number of aromatic nitrogens is 1. The van der Waals surface area contributed by atoms with Crippen LogP contribution in [0.2, 0.25) is 5.02 Å². The molecule has 3 aromatic carbocycles. The van der Waals surface area contributed by atoms with Crippen LogP contribution >= 0.6 is 11.6 Å². The molecule has 2 fully saturated rings. The summed E-state index contributed by atoms with van der Waals surface area (Å²) in [5, 5.41) is 16.3. The number of ether oxygens (including phenoxy) is 3. The molecule has 2 atom stereocenters. The average Bonchev–Trinajstić information content (AvgIpc) is 3.80. The second-order valence-electron chi connectivity index (χ2n) is 14.4. The molecule has 2 N–H and O–H groups in total. The number of carbonyl (C=O) groups is 1. The van der Waals surface area contributed by atoms with E-state index < -0.39 is 0 Å². The highest BCUT2D eigenvalue weighted by Gasteiger charge is 2.28. The Kier molecular flexibility index (Phi) is 12.1. The standard InChI is InChI=1S/C43H48ClN5O4/c1-29-34(8-6-11-39(29)51-19-7-18-49-16-3-2-4-17-49)35-9-5-10-37-36(35)13-14-40(37)53-42-22-41(52-28-31-20-30(23-45)24-46-25-31)32(21-38(42)44)26-47-27-33-12-15-43(50)48-33/h5-6,8-11,20-22,24-25,33,40,47H,2-4,7,12-19,26-28H2,1H3,(H,48,50)/t33-,40+/m1/s1. The van der Waals surface area contributed by atoms with Crippen molar-refractivity contribution < 1.29 is 19.0 Å². The average molecular weight is 734 g/mol. The predicted molar refractivity (Wildman–Crippen MR) is 206 cm³/mol. The third-order valence-corrected chi connectivity index (χ3v) is 10.9. The highest BCUT2D eigenvalue weighted by atomic mass is 35.5. The quantitative estimate of drug-likeness (QED) is 0.119. The number of hydrogen-bond acceptors (Lipinski definition) is 8. The fourth-order valence-corrected chi connectivity index (χ4v) is 8.03. The number of rotatable bonds is 15. The van der Waals surface area contributed by atoms with Crippen molar-refractivity contribution in [2.24, 2.45) is 0 Å². The van der Waals surface area contributed by atoms with Crippen LogP contribution in [-0.4, -0.2) is 54.6 Å². The number of pyridine rings is 1. The Morgan fingerprint density at radius 3 is 2.66 bits per heavy atom. The van der Waals surface area contributed by atoms with E-state index in [4.69, 9.17) is 25.8 Å². The lowest BCUT2D eigenvalue weighted by Crippen LogP contribution is -2.35. The smallest absolute Gasteiger partial charge is 0.220 e. The van der Waals surface area contributed by atoms with Crippen LogP contribution in [0.5, 0.6) is 17.2 Å². The van der Waals surface area contributed by atoms with Gasteiger partial charge in [-0.1, -0.05) is 48.4 Å². The van der Waals surface area contributed by atoms with Crippen LogP contribution in [0.15, 0.2) is 67.0 Å². The number of fused-ring (bicyclic) bond motifs is 1. The summed E-state index contributed by atoms with van der Waals surface area (Å²) in [6.07, 6.45) is 11.1. The molecule has 1 amide bonds. The number of likely N-dealkylation sites (tertiary alicyclic amines) is 1. The molecule has 1 aromatic heterocycles. The number of nitrogens with one attached hydrogen (secondary N) is 2. The first-order valence-electron chi connectivity index (χ1n) is 19.0. The molecule has 0 bridgehead atoms. The Balaban J connectivity index is 1.06. The lowest BCUT2D eigenvalue weighted by atomic mass is 9.93. The topological polar surface area (TPSA) is 109 Å². The number of piperidine rings is 1. The van der Waals surface area contributed by atoms with Gasteiger partial charge in [-0.15, -0.1) is 0 Å². The van der Waals surface area contributed by atoms with Crippen molar-refractivity contribution in [3.63, 3.8) is 0 Å². The number of halogens is 1. The third kappa shape index (κ3) is 9.13. The Labute approximate surface area is 317 Å². The minimum absolute atomic E-state index is 0.0886. The summed E-state index contributed by atoms with van der Waals surface area (Å²) < 4.78 is 19.4. The molecule has 276 valence electrons. The van der Waals surface area contributed by atoms with Gasteiger partial charge in [-0.3, -0.25) is 9.78 Å². The van der Waals surface area contributed by atoms with Gasteiger partial charge in [0.05, 0.1) is 17.2 Å². The van der Waals surface area contributed by atoms with Crippen LogP contribution in [0, 0.1) is 18.3 Å². The first kappa shape index (κ1) is 36.7. The second-order valence-corrected chi connectivity index (χ2v) is 14.8. The summed E-state index contributed by atoms with van der Waals surface area (Å²) in [5.74, 6) is 2.22. The van der Waals surface area contributed by atoms with Crippen LogP contribution < -0.4 is 24.8 Å². The first-order chi connectivity index (χ1) is 25.9. The predicted octanol–water partition coefficient (Wildman–Crippen LogP) is 7.85. The number of carbonyl (C=O) groups excluding carboxylic acids is 1. The summed E-state index contributed by atoms with van der Waals surface area (Å²) in [7, 11) is 0. The van der Waals surface area contributed by atoms with E-state index in [0.717, 1.165) is 60.2 Å². The van der Waals surface area contributed by atoms with Gasteiger partial charge in [0.1, 0.15) is 36.0 Å².